The molecule has 0 radical (unpaired) electrons. The summed E-state index contributed by atoms with van der Waals surface area (Å²) in [5, 5.41) is 0. The van der Waals surface area contributed by atoms with Crippen molar-refractivity contribution in [2.24, 2.45) is 5.92 Å². The van der Waals surface area contributed by atoms with Crippen LogP contribution in [0.15, 0.2) is 24.8 Å². The van der Waals surface area contributed by atoms with Gasteiger partial charge in [0.1, 0.15) is 0 Å². The van der Waals surface area contributed by atoms with E-state index in [9.17, 15) is 17.6 Å². The maximum atomic E-state index is 14.9. The van der Waals surface area contributed by atoms with E-state index in [1.807, 2.05) is 6.08 Å². The molecule has 2 aliphatic rings. The molecule has 1 saturated carbocycles. The van der Waals surface area contributed by atoms with Gasteiger partial charge in [-0.15, -0.1) is 6.58 Å². The normalized spacial score (nSPS) is 21.4. The van der Waals surface area contributed by atoms with Gasteiger partial charge in [0.2, 0.25) is 0 Å². The highest BCUT2D eigenvalue weighted by molar-refractivity contribution is 5.79. The minimum Gasteiger partial charge on any atom is -0.203 e. The van der Waals surface area contributed by atoms with Crippen LogP contribution in [0, 0.1) is 36.1 Å². The van der Waals surface area contributed by atoms with Crippen molar-refractivity contribution in [3.8, 4) is 11.1 Å². The first kappa shape index (κ1) is 17.3. The van der Waals surface area contributed by atoms with Crippen molar-refractivity contribution in [2.75, 3.05) is 0 Å². The van der Waals surface area contributed by atoms with Gasteiger partial charge in [0.25, 0.3) is 0 Å². The van der Waals surface area contributed by atoms with Crippen molar-refractivity contribution in [2.45, 2.75) is 44.9 Å². The maximum Gasteiger partial charge on any atom is 0.167 e. The summed E-state index contributed by atoms with van der Waals surface area (Å²) < 4.78 is 58.1. The zero-order valence-corrected chi connectivity index (χ0v) is 14.6. The SMILES string of the molecule is C=CC1CCC(c2cc3c(c(F)c2F)-c2c(cc(C)c(F)c2F)C3)CC1. The van der Waals surface area contributed by atoms with Crippen molar-refractivity contribution in [3.63, 3.8) is 0 Å². The Bertz CT molecular complexity index is 905. The summed E-state index contributed by atoms with van der Waals surface area (Å²) in [5.41, 5.74) is 1.37. The van der Waals surface area contributed by atoms with Crippen molar-refractivity contribution in [3.05, 3.63) is 70.3 Å². The van der Waals surface area contributed by atoms with Crippen LogP contribution in [0.5, 0.6) is 0 Å². The average molecular weight is 360 g/mol. The van der Waals surface area contributed by atoms with E-state index in [4.69, 9.17) is 0 Å². The second-order valence-corrected chi connectivity index (χ2v) is 7.51. The molecule has 0 N–H and O–H groups in total. The van der Waals surface area contributed by atoms with E-state index in [0.29, 0.717) is 29.0 Å². The number of halogens is 4. The largest absolute Gasteiger partial charge is 0.203 e. The lowest BCUT2D eigenvalue weighted by Gasteiger charge is -2.27. The van der Waals surface area contributed by atoms with Gasteiger partial charge in [-0.25, -0.2) is 17.6 Å². The number of rotatable bonds is 2. The molecule has 0 heterocycles. The van der Waals surface area contributed by atoms with Crippen LogP contribution in [-0.2, 0) is 6.42 Å². The van der Waals surface area contributed by atoms with Crippen molar-refractivity contribution < 1.29 is 17.6 Å². The van der Waals surface area contributed by atoms with Crippen molar-refractivity contribution >= 4 is 0 Å². The first-order valence-corrected chi connectivity index (χ1v) is 9.03. The number of fused-ring (bicyclic) bond motifs is 3. The van der Waals surface area contributed by atoms with Crippen molar-refractivity contribution in [1.82, 2.24) is 0 Å². The van der Waals surface area contributed by atoms with Gasteiger partial charge in [-0.3, -0.25) is 0 Å². The predicted molar refractivity (Wildman–Crippen MR) is 94.1 cm³/mol. The highest BCUT2D eigenvalue weighted by atomic mass is 19.2. The standard InChI is InChI=1S/C22H20F4/c1-3-12-4-6-13(7-5-12)16-10-15-9-14-8-11(2)19(23)21(25)17(14)18(15)22(26)20(16)24/h3,8,10,12-13H,1,4-7,9H2,2H3. The molecule has 0 bridgehead atoms. The monoisotopic (exact) mass is 360 g/mol. The fourth-order valence-corrected chi connectivity index (χ4v) is 4.51. The first-order chi connectivity index (χ1) is 12.4. The topological polar surface area (TPSA) is 0 Å². The molecule has 0 nitrogen and oxygen atoms in total. The Kier molecular flexibility index (Phi) is 4.17. The molecule has 136 valence electrons. The number of hydrogen-bond donors (Lipinski definition) is 0. The van der Waals surface area contributed by atoms with Gasteiger partial charge >= 0.3 is 0 Å². The summed E-state index contributed by atoms with van der Waals surface area (Å²) in [5.74, 6) is -3.67. The highest BCUT2D eigenvalue weighted by Gasteiger charge is 2.33. The molecule has 26 heavy (non-hydrogen) atoms. The molecule has 0 amide bonds. The van der Waals surface area contributed by atoms with Gasteiger partial charge in [-0.2, -0.15) is 0 Å². The maximum absolute atomic E-state index is 14.9. The smallest absolute Gasteiger partial charge is 0.167 e. The summed E-state index contributed by atoms with van der Waals surface area (Å²) >= 11 is 0. The van der Waals surface area contributed by atoms with Gasteiger partial charge in [0.05, 0.1) is 0 Å². The van der Waals surface area contributed by atoms with E-state index in [0.717, 1.165) is 25.7 Å². The Hall–Kier alpha value is -2.10. The summed E-state index contributed by atoms with van der Waals surface area (Å²) in [7, 11) is 0. The van der Waals surface area contributed by atoms with Crippen LogP contribution in [0.4, 0.5) is 17.6 Å². The lowest BCUT2D eigenvalue weighted by molar-refractivity contribution is 0.364. The van der Waals surface area contributed by atoms with E-state index in [2.05, 4.69) is 6.58 Å². The summed E-state index contributed by atoms with van der Waals surface area (Å²) in [6, 6.07) is 3.19. The van der Waals surface area contributed by atoms with Crippen LogP contribution in [0.1, 0.15) is 53.9 Å². The van der Waals surface area contributed by atoms with E-state index in [1.54, 1.807) is 6.07 Å². The lowest BCUT2D eigenvalue weighted by atomic mass is 9.78. The van der Waals surface area contributed by atoms with Gasteiger partial charge in [0.15, 0.2) is 23.3 Å². The lowest BCUT2D eigenvalue weighted by Crippen LogP contribution is -2.14. The molecule has 4 rings (SSSR count). The van der Waals surface area contributed by atoms with E-state index >= 15 is 0 Å². The van der Waals surface area contributed by atoms with E-state index in [1.165, 1.54) is 13.0 Å². The van der Waals surface area contributed by atoms with Crippen LogP contribution in [0.3, 0.4) is 0 Å². The Balaban J connectivity index is 1.79. The summed E-state index contributed by atoms with van der Waals surface area (Å²) in [6.07, 6.45) is 5.60. The van der Waals surface area contributed by atoms with E-state index in [-0.39, 0.29) is 22.6 Å². The molecular weight excluding hydrogens is 340 g/mol. The number of allylic oxidation sites excluding steroid dienone is 1. The minimum absolute atomic E-state index is 0.0435. The molecule has 2 aliphatic carbocycles. The Morgan fingerprint density at radius 2 is 1.42 bits per heavy atom. The fourth-order valence-electron chi connectivity index (χ4n) is 4.51. The van der Waals surface area contributed by atoms with Gasteiger partial charge < -0.3 is 0 Å². The van der Waals surface area contributed by atoms with E-state index < -0.39 is 23.3 Å². The Morgan fingerprint density at radius 1 is 0.846 bits per heavy atom. The molecule has 0 aromatic heterocycles. The second-order valence-electron chi connectivity index (χ2n) is 7.51. The van der Waals surface area contributed by atoms with Crippen LogP contribution in [0.25, 0.3) is 11.1 Å². The molecule has 0 aliphatic heterocycles. The molecule has 2 aromatic carbocycles. The summed E-state index contributed by atoms with van der Waals surface area (Å²) in [4.78, 5) is 0. The molecule has 0 atom stereocenters. The van der Waals surface area contributed by atoms with Gasteiger partial charge in [-0.1, -0.05) is 18.2 Å². The van der Waals surface area contributed by atoms with Crippen LogP contribution >= 0.6 is 0 Å². The fraction of sp³-hybridized carbons (Fsp3) is 0.364. The van der Waals surface area contributed by atoms with Crippen LogP contribution < -0.4 is 0 Å². The third-order valence-electron chi connectivity index (χ3n) is 5.96. The third-order valence-corrected chi connectivity index (χ3v) is 5.96. The number of hydrogen-bond acceptors (Lipinski definition) is 0. The molecule has 0 spiro atoms. The zero-order valence-electron chi connectivity index (χ0n) is 14.6. The zero-order chi connectivity index (χ0) is 18.6. The number of aryl methyl sites for hydroxylation is 1. The second kappa shape index (κ2) is 6.26. The molecule has 0 unspecified atom stereocenters. The quantitative estimate of drug-likeness (QED) is 0.357. The minimum atomic E-state index is -1.09. The first-order valence-electron chi connectivity index (χ1n) is 9.03. The highest BCUT2D eigenvalue weighted by Crippen LogP contribution is 2.46. The molecule has 2 aromatic rings. The Labute approximate surface area is 150 Å². The van der Waals surface area contributed by atoms with Crippen molar-refractivity contribution in [1.29, 1.82) is 0 Å². The average Bonchev–Trinajstić information content (AvgIpc) is 3.01. The molecular formula is C22H20F4. The third kappa shape index (κ3) is 2.50. The molecule has 4 heteroatoms. The Morgan fingerprint density at radius 3 is 2.04 bits per heavy atom. The summed E-state index contributed by atoms with van der Waals surface area (Å²) in [6.45, 7) is 5.28. The van der Waals surface area contributed by atoms with Crippen LogP contribution in [0.2, 0.25) is 0 Å². The number of benzene rings is 2. The molecule has 0 saturated heterocycles. The predicted octanol–water partition coefficient (Wildman–Crippen LogP) is 6.58. The van der Waals surface area contributed by atoms with Crippen LogP contribution in [-0.4, -0.2) is 0 Å². The molecule has 1 fully saturated rings. The van der Waals surface area contributed by atoms with Gasteiger partial charge in [0, 0.05) is 11.1 Å². The van der Waals surface area contributed by atoms with Gasteiger partial charge in [-0.05, 0) is 73.1 Å².